The topological polar surface area (TPSA) is 65.0 Å². The highest BCUT2D eigenvalue weighted by Crippen LogP contribution is 2.36. The van der Waals surface area contributed by atoms with Crippen LogP contribution in [-0.2, 0) is 11.2 Å². The molecule has 0 heterocycles. The van der Waals surface area contributed by atoms with Gasteiger partial charge in [0.15, 0.2) is 11.5 Å². The van der Waals surface area contributed by atoms with Crippen molar-refractivity contribution in [3.63, 3.8) is 0 Å². The lowest BCUT2D eigenvalue weighted by molar-refractivity contribution is -0.136. The van der Waals surface area contributed by atoms with E-state index in [1.807, 2.05) is 13.0 Å². The SMILES string of the molecule is CC(CCOc1ccc(CC(=O)O)cc1)Oc1ccc(C(F)F)cc1Oc1ccccc1. The Hall–Kier alpha value is -3.61. The molecule has 32 heavy (non-hydrogen) atoms. The van der Waals surface area contributed by atoms with Crippen molar-refractivity contribution in [3.8, 4) is 23.0 Å². The summed E-state index contributed by atoms with van der Waals surface area (Å²) in [6.45, 7) is 2.22. The average Bonchev–Trinajstić information content (AvgIpc) is 2.76. The third-order valence-corrected chi connectivity index (χ3v) is 4.59. The number of para-hydroxylation sites is 1. The first-order chi connectivity index (χ1) is 15.4. The molecule has 0 radical (unpaired) electrons. The first kappa shape index (κ1) is 23.1. The molecule has 3 aromatic carbocycles. The van der Waals surface area contributed by atoms with E-state index in [9.17, 15) is 13.6 Å². The fourth-order valence-electron chi connectivity index (χ4n) is 2.95. The monoisotopic (exact) mass is 442 g/mol. The van der Waals surface area contributed by atoms with E-state index in [2.05, 4.69) is 0 Å². The number of halogens is 2. The summed E-state index contributed by atoms with van der Waals surface area (Å²) < 4.78 is 43.7. The first-order valence-electron chi connectivity index (χ1n) is 10.2. The number of alkyl halides is 2. The van der Waals surface area contributed by atoms with E-state index >= 15 is 0 Å². The summed E-state index contributed by atoms with van der Waals surface area (Å²) in [6.07, 6.45) is -2.38. The predicted molar refractivity (Wildman–Crippen MR) is 116 cm³/mol. The van der Waals surface area contributed by atoms with Gasteiger partial charge >= 0.3 is 5.97 Å². The molecule has 0 bridgehead atoms. The zero-order chi connectivity index (χ0) is 22.9. The lowest BCUT2D eigenvalue weighted by Crippen LogP contribution is -2.16. The predicted octanol–water partition coefficient (Wildman–Crippen LogP) is 6.28. The van der Waals surface area contributed by atoms with Gasteiger partial charge in [0.1, 0.15) is 11.5 Å². The molecule has 0 aliphatic rings. The Labute approximate surface area is 185 Å². The molecule has 0 aromatic heterocycles. The van der Waals surface area contributed by atoms with Crippen LogP contribution in [0.1, 0.15) is 30.9 Å². The maximum atomic E-state index is 13.2. The first-order valence-corrected chi connectivity index (χ1v) is 10.2. The van der Waals surface area contributed by atoms with Crippen molar-refractivity contribution < 1.29 is 32.9 Å². The molecular weight excluding hydrogens is 418 g/mol. The molecule has 0 aliphatic heterocycles. The maximum absolute atomic E-state index is 13.2. The van der Waals surface area contributed by atoms with Gasteiger partial charge in [-0.15, -0.1) is 0 Å². The molecule has 1 N–H and O–H groups in total. The molecule has 0 saturated carbocycles. The van der Waals surface area contributed by atoms with E-state index in [0.29, 0.717) is 35.8 Å². The fourth-order valence-corrected chi connectivity index (χ4v) is 2.95. The van der Waals surface area contributed by atoms with Crippen molar-refractivity contribution >= 4 is 5.97 Å². The van der Waals surface area contributed by atoms with Crippen molar-refractivity contribution in [2.75, 3.05) is 6.61 Å². The molecule has 3 aromatic rings. The number of benzene rings is 3. The highest BCUT2D eigenvalue weighted by atomic mass is 19.3. The van der Waals surface area contributed by atoms with Crippen molar-refractivity contribution in [1.29, 1.82) is 0 Å². The van der Waals surface area contributed by atoms with Crippen LogP contribution in [0.3, 0.4) is 0 Å². The molecule has 0 saturated heterocycles. The number of carboxylic acid groups (broad SMARTS) is 1. The van der Waals surface area contributed by atoms with Gasteiger partial charge in [-0.05, 0) is 55.0 Å². The van der Waals surface area contributed by atoms with E-state index in [4.69, 9.17) is 19.3 Å². The van der Waals surface area contributed by atoms with Crippen LogP contribution in [0.4, 0.5) is 8.78 Å². The zero-order valence-corrected chi connectivity index (χ0v) is 17.5. The van der Waals surface area contributed by atoms with Gasteiger partial charge in [0.2, 0.25) is 0 Å². The smallest absolute Gasteiger partial charge is 0.307 e. The van der Waals surface area contributed by atoms with Gasteiger partial charge in [-0.25, -0.2) is 8.78 Å². The summed E-state index contributed by atoms with van der Waals surface area (Å²) >= 11 is 0. The van der Waals surface area contributed by atoms with E-state index in [1.165, 1.54) is 18.2 Å². The summed E-state index contributed by atoms with van der Waals surface area (Å²) in [5, 5.41) is 8.81. The van der Waals surface area contributed by atoms with Crippen LogP contribution in [0, 0.1) is 0 Å². The number of carbonyl (C=O) groups is 1. The summed E-state index contributed by atoms with van der Waals surface area (Å²) in [4.78, 5) is 10.7. The van der Waals surface area contributed by atoms with Gasteiger partial charge in [-0.2, -0.15) is 0 Å². The van der Waals surface area contributed by atoms with Crippen molar-refractivity contribution in [3.05, 3.63) is 83.9 Å². The van der Waals surface area contributed by atoms with Crippen molar-refractivity contribution in [2.45, 2.75) is 32.3 Å². The van der Waals surface area contributed by atoms with Gasteiger partial charge in [-0.3, -0.25) is 4.79 Å². The number of ether oxygens (including phenoxy) is 3. The number of aliphatic carboxylic acids is 1. The Kier molecular flexibility index (Phi) is 8.02. The van der Waals surface area contributed by atoms with Crippen LogP contribution in [0.5, 0.6) is 23.0 Å². The van der Waals surface area contributed by atoms with Crippen molar-refractivity contribution in [2.24, 2.45) is 0 Å². The standard InChI is InChI=1S/C25H24F2O5/c1-17(13-14-30-20-10-7-18(8-11-20)15-24(28)29)31-22-12-9-19(25(26)27)16-23(22)32-21-5-3-2-4-6-21/h2-12,16-17,25H,13-15H2,1H3,(H,28,29). The number of carboxylic acids is 1. The van der Waals surface area contributed by atoms with E-state index in [1.54, 1.807) is 48.5 Å². The highest BCUT2D eigenvalue weighted by molar-refractivity contribution is 5.70. The van der Waals surface area contributed by atoms with E-state index in [-0.39, 0.29) is 23.8 Å². The van der Waals surface area contributed by atoms with E-state index < -0.39 is 12.4 Å². The van der Waals surface area contributed by atoms with Gasteiger partial charge in [0, 0.05) is 12.0 Å². The Balaban J connectivity index is 1.58. The molecule has 0 fully saturated rings. The Bertz CT molecular complexity index is 1010. The zero-order valence-electron chi connectivity index (χ0n) is 17.5. The van der Waals surface area contributed by atoms with Crippen LogP contribution >= 0.6 is 0 Å². The number of rotatable bonds is 11. The number of hydrogen-bond acceptors (Lipinski definition) is 4. The highest BCUT2D eigenvalue weighted by Gasteiger charge is 2.16. The molecule has 5 nitrogen and oxygen atoms in total. The van der Waals surface area contributed by atoms with Crippen LogP contribution in [0.15, 0.2) is 72.8 Å². The third-order valence-electron chi connectivity index (χ3n) is 4.59. The second-order valence-electron chi connectivity index (χ2n) is 7.20. The maximum Gasteiger partial charge on any atom is 0.307 e. The molecule has 0 amide bonds. The summed E-state index contributed by atoms with van der Waals surface area (Å²) in [6, 6.07) is 19.8. The van der Waals surface area contributed by atoms with Crippen LogP contribution in [-0.4, -0.2) is 23.8 Å². The Morgan fingerprint density at radius 3 is 2.31 bits per heavy atom. The van der Waals surface area contributed by atoms with Crippen LogP contribution in [0.25, 0.3) is 0 Å². The lowest BCUT2D eigenvalue weighted by atomic mass is 10.1. The van der Waals surface area contributed by atoms with E-state index in [0.717, 1.165) is 0 Å². The summed E-state index contributed by atoms with van der Waals surface area (Å²) in [5.41, 5.74) is 0.547. The van der Waals surface area contributed by atoms with Crippen LogP contribution in [0.2, 0.25) is 0 Å². The average molecular weight is 442 g/mol. The Morgan fingerprint density at radius 1 is 0.938 bits per heavy atom. The van der Waals surface area contributed by atoms with Crippen molar-refractivity contribution in [1.82, 2.24) is 0 Å². The van der Waals surface area contributed by atoms with Crippen LogP contribution < -0.4 is 14.2 Å². The second kappa shape index (κ2) is 11.1. The van der Waals surface area contributed by atoms with Gasteiger partial charge < -0.3 is 19.3 Å². The Morgan fingerprint density at radius 2 is 1.66 bits per heavy atom. The summed E-state index contributed by atoms with van der Waals surface area (Å²) in [7, 11) is 0. The number of hydrogen-bond donors (Lipinski definition) is 1. The molecule has 3 rings (SSSR count). The van der Waals surface area contributed by atoms with Gasteiger partial charge in [0.05, 0.1) is 19.1 Å². The molecule has 1 atom stereocenters. The molecule has 7 heteroatoms. The van der Waals surface area contributed by atoms with Gasteiger partial charge in [-0.1, -0.05) is 30.3 Å². The normalized spacial score (nSPS) is 11.8. The molecule has 168 valence electrons. The lowest BCUT2D eigenvalue weighted by Gasteiger charge is -2.19. The third kappa shape index (κ3) is 6.97. The largest absolute Gasteiger partial charge is 0.493 e. The molecule has 0 aliphatic carbocycles. The minimum Gasteiger partial charge on any atom is -0.493 e. The fraction of sp³-hybridized carbons (Fsp3) is 0.240. The summed E-state index contributed by atoms with van der Waals surface area (Å²) in [5.74, 6) is 0.841. The molecule has 0 spiro atoms. The molecule has 1 unspecified atom stereocenters. The quantitative estimate of drug-likeness (QED) is 0.379. The second-order valence-corrected chi connectivity index (χ2v) is 7.20. The molecular formula is C25H24F2O5. The minimum absolute atomic E-state index is 0.0388. The minimum atomic E-state index is -2.62. The van der Waals surface area contributed by atoms with Gasteiger partial charge in [0.25, 0.3) is 6.43 Å².